The Bertz CT molecular complexity index is 474. The highest BCUT2D eigenvalue weighted by atomic mass is 16.5. The Kier molecular flexibility index (Phi) is 3.27. The summed E-state index contributed by atoms with van der Waals surface area (Å²) in [5.41, 5.74) is 8.66. The van der Waals surface area contributed by atoms with E-state index in [0.717, 1.165) is 22.1 Å². The molecule has 3 heteroatoms. The minimum Gasteiger partial charge on any atom is -0.464 e. The topological polar surface area (TPSA) is 48.4 Å². The Hall–Kier alpha value is -1.32. The quantitative estimate of drug-likeness (QED) is 0.860. The Morgan fingerprint density at radius 1 is 1.31 bits per heavy atom. The number of para-hydroxylation sites is 1. The molecule has 0 spiro atoms. The number of benzene rings is 1. The van der Waals surface area contributed by atoms with E-state index in [1.807, 2.05) is 32.0 Å². The van der Waals surface area contributed by atoms with Crippen LogP contribution in [0.4, 0.5) is 0 Å². The van der Waals surface area contributed by atoms with Gasteiger partial charge in [0.1, 0.15) is 5.58 Å². The maximum atomic E-state index is 5.66. The van der Waals surface area contributed by atoms with Crippen molar-refractivity contribution in [3.8, 4) is 0 Å². The van der Waals surface area contributed by atoms with E-state index in [-0.39, 0.29) is 6.10 Å². The molecule has 0 aliphatic carbocycles. The molecule has 0 unspecified atom stereocenters. The minimum absolute atomic E-state index is 0.225. The van der Waals surface area contributed by atoms with E-state index < -0.39 is 0 Å². The second-order valence-corrected chi connectivity index (χ2v) is 4.12. The molecule has 86 valence electrons. The van der Waals surface area contributed by atoms with Gasteiger partial charge in [0, 0.05) is 23.1 Å². The van der Waals surface area contributed by atoms with Crippen molar-refractivity contribution in [1.82, 2.24) is 0 Å². The Labute approximate surface area is 95.2 Å². The third-order valence-corrected chi connectivity index (χ3v) is 2.55. The number of hydrogen-bond donors (Lipinski definition) is 1. The lowest BCUT2D eigenvalue weighted by Crippen LogP contribution is -2.01. The SMILES string of the molecule is CC(C)OCc1coc2c(CN)cccc12. The van der Waals surface area contributed by atoms with Crippen molar-refractivity contribution < 1.29 is 9.15 Å². The highest BCUT2D eigenvalue weighted by Gasteiger charge is 2.09. The van der Waals surface area contributed by atoms with Crippen LogP contribution in [0.15, 0.2) is 28.9 Å². The number of hydrogen-bond acceptors (Lipinski definition) is 3. The van der Waals surface area contributed by atoms with Gasteiger partial charge in [-0.3, -0.25) is 0 Å². The summed E-state index contributed by atoms with van der Waals surface area (Å²) < 4.78 is 11.1. The minimum atomic E-state index is 0.225. The van der Waals surface area contributed by atoms with Crippen molar-refractivity contribution in [1.29, 1.82) is 0 Å². The van der Waals surface area contributed by atoms with Gasteiger partial charge < -0.3 is 14.9 Å². The summed E-state index contributed by atoms with van der Waals surface area (Å²) in [7, 11) is 0. The highest BCUT2D eigenvalue weighted by Crippen LogP contribution is 2.25. The first kappa shape index (κ1) is 11.2. The lowest BCUT2D eigenvalue weighted by Gasteiger charge is -2.05. The Balaban J connectivity index is 2.34. The molecule has 0 aliphatic rings. The van der Waals surface area contributed by atoms with Gasteiger partial charge in [-0.2, -0.15) is 0 Å². The lowest BCUT2D eigenvalue weighted by atomic mass is 10.1. The summed E-state index contributed by atoms with van der Waals surface area (Å²) in [6.45, 7) is 5.12. The first-order valence-corrected chi connectivity index (χ1v) is 5.52. The molecule has 0 saturated carbocycles. The van der Waals surface area contributed by atoms with E-state index in [2.05, 4.69) is 0 Å². The molecule has 0 saturated heterocycles. The smallest absolute Gasteiger partial charge is 0.138 e. The first-order chi connectivity index (χ1) is 7.72. The van der Waals surface area contributed by atoms with Crippen LogP contribution in [0.25, 0.3) is 11.0 Å². The molecule has 0 bridgehead atoms. The van der Waals surface area contributed by atoms with Gasteiger partial charge in [-0.15, -0.1) is 0 Å². The fraction of sp³-hybridized carbons (Fsp3) is 0.385. The Morgan fingerprint density at radius 3 is 2.81 bits per heavy atom. The third kappa shape index (κ3) is 2.10. The van der Waals surface area contributed by atoms with Crippen LogP contribution in [-0.2, 0) is 17.9 Å². The van der Waals surface area contributed by atoms with Crippen molar-refractivity contribution in [2.75, 3.05) is 0 Å². The van der Waals surface area contributed by atoms with Gasteiger partial charge in [-0.1, -0.05) is 18.2 Å². The van der Waals surface area contributed by atoms with Crippen molar-refractivity contribution in [3.05, 3.63) is 35.6 Å². The summed E-state index contributed by atoms with van der Waals surface area (Å²) in [6.07, 6.45) is 1.98. The van der Waals surface area contributed by atoms with Gasteiger partial charge in [-0.05, 0) is 13.8 Å². The summed E-state index contributed by atoms with van der Waals surface area (Å²) in [4.78, 5) is 0. The molecule has 2 aromatic rings. The predicted molar refractivity (Wildman–Crippen MR) is 64.0 cm³/mol. The van der Waals surface area contributed by atoms with Crippen molar-refractivity contribution in [2.45, 2.75) is 33.1 Å². The van der Waals surface area contributed by atoms with E-state index in [4.69, 9.17) is 14.9 Å². The lowest BCUT2D eigenvalue weighted by molar-refractivity contribution is 0.0660. The monoisotopic (exact) mass is 219 g/mol. The third-order valence-electron chi connectivity index (χ3n) is 2.55. The van der Waals surface area contributed by atoms with Crippen LogP contribution in [0.1, 0.15) is 25.0 Å². The average Bonchev–Trinajstić information content (AvgIpc) is 2.69. The van der Waals surface area contributed by atoms with Crippen LogP contribution < -0.4 is 5.73 Å². The second kappa shape index (κ2) is 4.68. The van der Waals surface area contributed by atoms with E-state index in [0.29, 0.717) is 13.2 Å². The molecule has 0 aliphatic heterocycles. The van der Waals surface area contributed by atoms with Crippen LogP contribution in [0.2, 0.25) is 0 Å². The van der Waals surface area contributed by atoms with Crippen molar-refractivity contribution in [2.24, 2.45) is 5.73 Å². The molecule has 0 fully saturated rings. The van der Waals surface area contributed by atoms with Crippen LogP contribution in [0.3, 0.4) is 0 Å². The molecule has 0 amide bonds. The zero-order valence-electron chi connectivity index (χ0n) is 9.69. The molecule has 2 rings (SSSR count). The number of ether oxygens (including phenoxy) is 1. The maximum absolute atomic E-state index is 5.66. The van der Waals surface area contributed by atoms with E-state index >= 15 is 0 Å². The summed E-state index contributed by atoms with van der Waals surface area (Å²) in [6, 6.07) is 6.02. The van der Waals surface area contributed by atoms with Gasteiger partial charge in [0.15, 0.2) is 0 Å². The van der Waals surface area contributed by atoms with Crippen LogP contribution in [0.5, 0.6) is 0 Å². The van der Waals surface area contributed by atoms with Gasteiger partial charge >= 0.3 is 0 Å². The van der Waals surface area contributed by atoms with Gasteiger partial charge in [-0.25, -0.2) is 0 Å². The van der Waals surface area contributed by atoms with Gasteiger partial charge in [0.2, 0.25) is 0 Å². The predicted octanol–water partition coefficient (Wildman–Crippen LogP) is 2.82. The van der Waals surface area contributed by atoms with Crippen LogP contribution in [0, 0.1) is 0 Å². The molecular weight excluding hydrogens is 202 g/mol. The first-order valence-electron chi connectivity index (χ1n) is 5.52. The van der Waals surface area contributed by atoms with Gasteiger partial charge in [0.25, 0.3) is 0 Å². The number of nitrogens with two attached hydrogens (primary N) is 1. The Morgan fingerprint density at radius 2 is 2.12 bits per heavy atom. The normalized spacial score (nSPS) is 11.5. The molecule has 1 aromatic heterocycles. The summed E-state index contributed by atoms with van der Waals surface area (Å²) in [5, 5.41) is 1.10. The maximum Gasteiger partial charge on any atom is 0.138 e. The van der Waals surface area contributed by atoms with E-state index in [1.54, 1.807) is 6.26 Å². The largest absolute Gasteiger partial charge is 0.464 e. The van der Waals surface area contributed by atoms with E-state index in [9.17, 15) is 0 Å². The zero-order valence-corrected chi connectivity index (χ0v) is 9.69. The average molecular weight is 219 g/mol. The summed E-state index contributed by atoms with van der Waals surface area (Å²) in [5.74, 6) is 0. The fourth-order valence-corrected chi connectivity index (χ4v) is 1.70. The molecule has 0 atom stereocenters. The van der Waals surface area contributed by atoms with Gasteiger partial charge in [0.05, 0.1) is 19.0 Å². The van der Waals surface area contributed by atoms with Crippen LogP contribution in [-0.4, -0.2) is 6.10 Å². The zero-order chi connectivity index (χ0) is 11.5. The molecule has 1 heterocycles. The number of rotatable bonds is 4. The van der Waals surface area contributed by atoms with Crippen molar-refractivity contribution in [3.63, 3.8) is 0 Å². The van der Waals surface area contributed by atoms with Crippen molar-refractivity contribution >= 4 is 11.0 Å². The fourth-order valence-electron chi connectivity index (χ4n) is 1.70. The molecule has 1 aromatic carbocycles. The number of fused-ring (bicyclic) bond motifs is 1. The highest BCUT2D eigenvalue weighted by molar-refractivity contribution is 5.83. The molecule has 3 nitrogen and oxygen atoms in total. The standard InChI is InChI=1S/C13H17NO2/c1-9(2)15-7-11-8-16-13-10(6-14)4-3-5-12(11)13/h3-5,8-9H,6-7,14H2,1-2H3. The molecular formula is C13H17NO2. The van der Waals surface area contributed by atoms with Crippen LogP contribution >= 0.6 is 0 Å². The number of furan rings is 1. The summed E-state index contributed by atoms with van der Waals surface area (Å²) >= 11 is 0. The second-order valence-electron chi connectivity index (χ2n) is 4.12. The molecule has 0 radical (unpaired) electrons. The molecule has 16 heavy (non-hydrogen) atoms. The molecule has 2 N–H and O–H groups in total. The van der Waals surface area contributed by atoms with E-state index in [1.165, 1.54) is 0 Å².